The summed E-state index contributed by atoms with van der Waals surface area (Å²) in [5.41, 5.74) is 3.59. The minimum absolute atomic E-state index is 0.120. The Morgan fingerprint density at radius 2 is 1.72 bits per heavy atom. The Morgan fingerprint density at radius 1 is 1.00 bits per heavy atom. The van der Waals surface area contributed by atoms with Crippen molar-refractivity contribution in [3.63, 3.8) is 0 Å². The summed E-state index contributed by atoms with van der Waals surface area (Å²) in [6.07, 6.45) is 0. The average Bonchev–Trinajstić information content (AvgIpc) is 3.43. The molecule has 0 unspecified atom stereocenters. The molecule has 1 amide bonds. The monoisotopic (exact) mass is 438 g/mol. The lowest BCUT2D eigenvalue weighted by Crippen LogP contribution is -2.13. The van der Waals surface area contributed by atoms with Crippen molar-refractivity contribution in [3.05, 3.63) is 76.6 Å². The first-order valence-corrected chi connectivity index (χ1v) is 11.2. The summed E-state index contributed by atoms with van der Waals surface area (Å²) in [5.74, 6) is -0.139. The summed E-state index contributed by atoms with van der Waals surface area (Å²) < 4.78 is 0.726. The van der Waals surface area contributed by atoms with Crippen LogP contribution in [0.4, 0.5) is 5.13 Å². The van der Waals surface area contributed by atoms with Gasteiger partial charge in [-0.15, -0.1) is 10.2 Å². The zero-order chi connectivity index (χ0) is 20.1. The van der Waals surface area contributed by atoms with Gasteiger partial charge in [0.15, 0.2) is 9.47 Å². The molecule has 0 atom stereocenters. The molecule has 0 spiro atoms. The van der Waals surface area contributed by atoms with Crippen LogP contribution in [0.5, 0.6) is 0 Å². The highest BCUT2D eigenvalue weighted by Crippen LogP contribution is 2.33. The van der Waals surface area contributed by atoms with Crippen LogP contribution < -0.4 is 5.32 Å². The van der Waals surface area contributed by atoms with Crippen LogP contribution in [0.3, 0.4) is 0 Å². The van der Waals surface area contributed by atoms with Gasteiger partial charge in [0.05, 0.1) is 11.4 Å². The Labute approximate surface area is 179 Å². The molecule has 4 rings (SSSR count). The molecule has 2 aromatic heterocycles. The molecule has 0 saturated carbocycles. The van der Waals surface area contributed by atoms with Gasteiger partial charge in [-0.1, -0.05) is 95.1 Å². The van der Waals surface area contributed by atoms with E-state index in [-0.39, 0.29) is 17.4 Å². The van der Waals surface area contributed by atoms with Crippen LogP contribution in [-0.4, -0.2) is 32.6 Å². The van der Waals surface area contributed by atoms with Gasteiger partial charge < -0.3 is 5.32 Å². The molecule has 4 aromatic rings. The molecule has 1 N–H and O–H groups in total. The molecule has 0 radical (unpaired) electrons. The van der Waals surface area contributed by atoms with E-state index < -0.39 is 0 Å². The SMILES string of the molecule is O=C(CSc1nncs1)Nc1nc(-c2ccccc2)c(C(=O)c2ccccc2)s1. The van der Waals surface area contributed by atoms with Crippen molar-refractivity contribution in [2.75, 3.05) is 11.1 Å². The van der Waals surface area contributed by atoms with Crippen LogP contribution in [0.2, 0.25) is 0 Å². The van der Waals surface area contributed by atoms with Crippen molar-refractivity contribution in [3.8, 4) is 11.3 Å². The Balaban J connectivity index is 1.59. The minimum atomic E-state index is -0.211. The van der Waals surface area contributed by atoms with Crippen molar-refractivity contribution in [1.82, 2.24) is 15.2 Å². The van der Waals surface area contributed by atoms with E-state index in [1.165, 1.54) is 34.4 Å². The highest BCUT2D eigenvalue weighted by atomic mass is 32.2. The molecular weight excluding hydrogens is 424 g/mol. The second-order valence-electron chi connectivity index (χ2n) is 5.80. The van der Waals surface area contributed by atoms with Crippen molar-refractivity contribution >= 4 is 51.3 Å². The number of hydrogen-bond donors (Lipinski definition) is 1. The van der Waals surface area contributed by atoms with Crippen molar-refractivity contribution < 1.29 is 9.59 Å². The third-order valence-electron chi connectivity index (χ3n) is 3.83. The second kappa shape index (κ2) is 9.08. The predicted octanol–water partition coefficient (Wildman–Crippen LogP) is 4.62. The van der Waals surface area contributed by atoms with Crippen molar-refractivity contribution in [2.24, 2.45) is 0 Å². The van der Waals surface area contributed by atoms with Gasteiger partial charge in [-0.2, -0.15) is 0 Å². The van der Waals surface area contributed by atoms with Gasteiger partial charge in [-0.05, 0) is 0 Å². The zero-order valence-electron chi connectivity index (χ0n) is 14.9. The molecule has 0 aliphatic carbocycles. The van der Waals surface area contributed by atoms with Gasteiger partial charge >= 0.3 is 0 Å². The number of carbonyl (C=O) groups is 2. The summed E-state index contributed by atoms with van der Waals surface area (Å²) in [6, 6.07) is 18.5. The molecule has 0 saturated heterocycles. The number of carbonyl (C=O) groups excluding carboxylic acids is 2. The van der Waals surface area contributed by atoms with Gasteiger partial charge in [0.1, 0.15) is 10.4 Å². The Hall–Kier alpha value is -2.88. The number of anilines is 1. The fraction of sp³-hybridized carbons (Fsp3) is 0.0500. The van der Waals surface area contributed by atoms with Gasteiger partial charge in [-0.3, -0.25) is 9.59 Å². The van der Waals surface area contributed by atoms with E-state index in [2.05, 4.69) is 20.5 Å². The number of benzene rings is 2. The summed E-state index contributed by atoms with van der Waals surface area (Å²) in [6.45, 7) is 0. The molecular formula is C20H14N4O2S3. The van der Waals surface area contributed by atoms with Gasteiger partial charge in [0.25, 0.3) is 0 Å². The fourth-order valence-corrected chi connectivity index (χ4v) is 4.80. The van der Waals surface area contributed by atoms with Crippen molar-refractivity contribution in [1.29, 1.82) is 0 Å². The molecule has 0 aliphatic rings. The Bertz CT molecular complexity index is 1110. The molecule has 6 nitrogen and oxygen atoms in total. The maximum atomic E-state index is 13.1. The standard InChI is InChI=1S/C20H14N4O2S3/c25-15(11-27-20-24-21-12-28-20)22-19-23-16(13-7-3-1-4-8-13)18(29-19)17(26)14-9-5-2-6-10-14/h1-10,12H,11H2,(H,22,23,25). The largest absolute Gasteiger partial charge is 0.301 e. The number of nitrogens with zero attached hydrogens (tertiary/aromatic N) is 3. The first-order chi connectivity index (χ1) is 14.2. The molecule has 2 aromatic carbocycles. The van der Waals surface area contributed by atoms with Crippen molar-refractivity contribution in [2.45, 2.75) is 4.34 Å². The molecule has 9 heteroatoms. The number of ketones is 1. The third kappa shape index (κ3) is 4.76. The summed E-state index contributed by atoms with van der Waals surface area (Å²) in [4.78, 5) is 30.4. The number of thioether (sulfide) groups is 1. The summed E-state index contributed by atoms with van der Waals surface area (Å²) in [5, 5.41) is 10.8. The van der Waals surface area contributed by atoms with E-state index in [1.54, 1.807) is 17.6 Å². The third-order valence-corrected chi connectivity index (χ3v) is 6.66. The molecule has 0 fully saturated rings. The minimum Gasteiger partial charge on any atom is -0.301 e. The Morgan fingerprint density at radius 3 is 2.41 bits per heavy atom. The predicted molar refractivity (Wildman–Crippen MR) is 117 cm³/mol. The number of aromatic nitrogens is 3. The van der Waals surface area contributed by atoms with E-state index in [1.807, 2.05) is 48.5 Å². The molecule has 29 heavy (non-hydrogen) atoms. The zero-order valence-corrected chi connectivity index (χ0v) is 17.4. The number of thiazole rings is 1. The number of amides is 1. The van der Waals surface area contributed by atoms with Crippen LogP contribution in [0.15, 0.2) is 70.5 Å². The maximum absolute atomic E-state index is 13.1. The van der Waals surface area contributed by atoms with E-state index >= 15 is 0 Å². The highest BCUT2D eigenvalue weighted by Gasteiger charge is 2.21. The maximum Gasteiger partial charge on any atom is 0.236 e. The number of nitrogens with one attached hydrogen (secondary N) is 1. The molecule has 2 heterocycles. The quantitative estimate of drug-likeness (QED) is 0.335. The van der Waals surface area contributed by atoms with Gasteiger partial charge in [0, 0.05) is 11.1 Å². The van der Waals surface area contributed by atoms with E-state index in [0.717, 1.165) is 9.90 Å². The number of rotatable bonds is 7. The number of hydrogen-bond acceptors (Lipinski definition) is 8. The molecule has 0 bridgehead atoms. The summed E-state index contributed by atoms with van der Waals surface area (Å²) >= 11 is 3.87. The van der Waals surface area contributed by atoms with Crippen LogP contribution in [0.25, 0.3) is 11.3 Å². The van der Waals surface area contributed by atoms with Crippen LogP contribution >= 0.6 is 34.4 Å². The first kappa shape index (κ1) is 19.4. The van der Waals surface area contributed by atoms with E-state index in [4.69, 9.17) is 0 Å². The lowest BCUT2D eigenvalue weighted by Gasteiger charge is -2.02. The molecule has 144 valence electrons. The topological polar surface area (TPSA) is 84.8 Å². The smallest absolute Gasteiger partial charge is 0.236 e. The van der Waals surface area contributed by atoms with E-state index in [9.17, 15) is 9.59 Å². The Kier molecular flexibility index (Phi) is 6.09. The lowest BCUT2D eigenvalue weighted by molar-refractivity contribution is -0.113. The van der Waals surface area contributed by atoms with Gasteiger partial charge in [-0.25, -0.2) is 4.98 Å². The normalized spacial score (nSPS) is 10.6. The van der Waals surface area contributed by atoms with E-state index in [0.29, 0.717) is 21.3 Å². The summed E-state index contributed by atoms with van der Waals surface area (Å²) in [7, 11) is 0. The lowest BCUT2D eigenvalue weighted by atomic mass is 10.1. The second-order valence-corrected chi connectivity index (χ2v) is 8.85. The van der Waals surface area contributed by atoms with Crippen LogP contribution in [-0.2, 0) is 4.79 Å². The fourth-order valence-electron chi connectivity index (χ4n) is 2.55. The van der Waals surface area contributed by atoms with Crippen LogP contribution in [0, 0.1) is 0 Å². The average molecular weight is 439 g/mol. The van der Waals surface area contributed by atoms with Crippen LogP contribution in [0.1, 0.15) is 15.2 Å². The first-order valence-electron chi connectivity index (χ1n) is 8.55. The van der Waals surface area contributed by atoms with Gasteiger partial charge in [0.2, 0.25) is 11.7 Å². The molecule has 0 aliphatic heterocycles. The highest BCUT2D eigenvalue weighted by molar-refractivity contribution is 8.01.